The van der Waals surface area contributed by atoms with Gasteiger partial charge in [-0.3, -0.25) is 4.79 Å². The number of amides is 1. The topological polar surface area (TPSA) is 80.8 Å². The summed E-state index contributed by atoms with van der Waals surface area (Å²) in [5.41, 5.74) is 1.68. The number of hydrogen-bond acceptors (Lipinski definition) is 6. The standard InChI is InChI=1S/C18H23NO5S2/c20-17(19(12-5-6-12)13-7-8-26(22,23)11-13)9-24-18(21)15-10-25-16-4-2-1-3-14(15)16/h10,12-13H,1-9,11H2/t13-/m1/s1. The van der Waals surface area contributed by atoms with Crippen LogP contribution in [0.1, 0.15) is 52.9 Å². The molecule has 1 atom stereocenters. The quantitative estimate of drug-likeness (QED) is 0.710. The van der Waals surface area contributed by atoms with E-state index in [1.54, 1.807) is 16.2 Å². The highest BCUT2D eigenvalue weighted by Gasteiger charge is 2.42. The number of carbonyl (C=O) groups is 2. The van der Waals surface area contributed by atoms with Gasteiger partial charge in [-0.05, 0) is 50.5 Å². The first-order valence-electron chi connectivity index (χ1n) is 9.22. The van der Waals surface area contributed by atoms with Crippen LogP contribution in [0.25, 0.3) is 0 Å². The minimum absolute atomic E-state index is 0.0290. The Morgan fingerprint density at radius 1 is 1.15 bits per heavy atom. The molecular formula is C18H23NO5S2. The number of ether oxygens (including phenoxy) is 1. The zero-order valence-electron chi connectivity index (χ0n) is 14.6. The fraction of sp³-hybridized carbons (Fsp3) is 0.667. The van der Waals surface area contributed by atoms with E-state index < -0.39 is 15.8 Å². The third-order valence-electron chi connectivity index (χ3n) is 5.44. The van der Waals surface area contributed by atoms with E-state index in [2.05, 4.69) is 0 Å². The minimum Gasteiger partial charge on any atom is -0.452 e. The maximum Gasteiger partial charge on any atom is 0.339 e. The van der Waals surface area contributed by atoms with Crippen molar-refractivity contribution < 1.29 is 22.7 Å². The molecule has 0 bridgehead atoms. The molecule has 142 valence electrons. The molecule has 0 unspecified atom stereocenters. The van der Waals surface area contributed by atoms with E-state index in [-0.39, 0.29) is 36.1 Å². The Morgan fingerprint density at radius 2 is 1.92 bits per heavy atom. The Hall–Kier alpha value is -1.41. The van der Waals surface area contributed by atoms with Gasteiger partial charge in [0.05, 0.1) is 17.1 Å². The van der Waals surface area contributed by atoms with E-state index in [1.807, 2.05) is 5.38 Å². The van der Waals surface area contributed by atoms with Crippen molar-refractivity contribution in [3.63, 3.8) is 0 Å². The molecule has 0 N–H and O–H groups in total. The summed E-state index contributed by atoms with van der Waals surface area (Å²) in [5.74, 6) is -0.546. The first-order chi connectivity index (χ1) is 12.4. The van der Waals surface area contributed by atoms with Crippen LogP contribution in [0.2, 0.25) is 0 Å². The van der Waals surface area contributed by atoms with Gasteiger partial charge in [-0.15, -0.1) is 11.3 Å². The van der Waals surface area contributed by atoms with Crippen molar-refractivity contribution in [2.24, 2.45) is 0 Å². The number of rotatable bonds is 5. The molecule has 8 heteroatoms. The highest BCUT2D eigenvalue weighted by atomic mass is 32.2. The van der Waals surface area contributed by atoms with Crippen LogP contribution in [0.3, 0.4) is 0 Å². The summed E-state index contributed by atoms with van der Waals surface area (Å²) in [4.78, 5) is 28.0. The molecule has 1 saturated carbocycles. The molecule has 3 aliphatic rings. The summed E-state index contributed by atoms with van der Waals surface area (Å²) in [6.45, 7) is -0.309. The van der Waals surface area contributed by atoms with Crippen LogP contribution in [-0.2, 0) is 32.2 Å². The third kappa shape index (κ3) is 3.67. The van der Waals surface area contributed by atoms with Gasteiger partial charge in [-0.1, -0.05) is 0 Å². The predicted octanol–water partition coefficient (Wildman–Crippen LogP) is 1.96. The van der Waals surface area contributed by atoms with E-state index >= 15 is 0 Å². The Kier molecular flexibility index (Phi) is 4.81. The molecule has 6 nitrogen and oxygen atoms in total. The number of esters is 1. The molecule has 2 aliphatic carbocycles. The van der Waals surface area contributed by atoms with Crippen LogP contribution in [-0.4, -0.2) is 55.4 Å². The number of fused-ring (bicyclic) bond motifs is 1. The maximum absolute atomic E-state index is 12.6. The SMILES string of the molecule is O=C(OCC(=O)N(C1CC1)[C@@H]1CCS(=O)(=O)C1)c1csc2c1CCCC2. The lowest BCUT2D eigenvalue weighted by molar-refractivity contribution is -0.137. The van der Waals surface area contributed by atoms with Crippen LogP contribution < -0.4 is 0 Å². The van der Waals surface area contributed by atoms with Crippen molar-refractivity contribution in [2.75, 3.05) is 18.1 Å². The van der Waals surface area contributed by atoms with Gasteiger partial charge in [-0.25, -0.2) is 13.2 Å². The molecule has 4 rings (SSSR count). The lowest BCUT2D eigenvalue weighted by Crippen LogP contribution is -2.44. The molecule has 0 spiro atoms. The first kappa shape index (κ1) is 18.0. The zero-order chi connectivity index (χ0) is 18.3. The smallest absolute Gasteiger partial charge is 0.339 e. The fourth-order valence-electron chi connectivity index (χ4n) is 4.00. The van der Waals surface area contributed by atoms with Gasteiger partial charge in [0, 0.05) is 22.3 Å². The average Bonchev–Trinajstić information content (AvgIpc) is 3.23. The maximum atomic E-state index is 12.6. The predicted molar refractivity (Wildman–Crippen MR) is 98.2 cm³/mol. The molecule has 26 heavy (non-hydrogen) atoms. The van der Waals surface area contributed by atoms with Crippen molar-refractivity contribution in [3.8, 4) is 0 Å². The summed E-state index contributed by atoms with van der Waals surface area (Å²) in [6.07, 6.45) is 6.41. The van der Waals surface area contributed by atoms with Gasteiger partial charge in [-0.2, -0.15) is 0 Å². The van der Waals surface area contributed by atoms with Crippen LogP contribution in [0.15, 0.2) is 5.38 Å². The number of hydrogen-bond donors (Lipinski definition) is 0. The Balaban J connectivity index is 1.39. The van der Waals surface area contributed by atoms with Crippen LogP contribution in [0, 0.1) is 0 Å². The molecule has 1 aromatic rings. The molecule has 1 aliphatic heterocycles. The van der Waals surface area contributed by atoms with Gasteiger partial charge in [0.1, 0.15) is 0 Å². The van der Waals surface area contributed by atoms with E-state index in [4.69, 9.17) is 4.74 Å². The summed E-state index contributed by atoms with van der Waals surface area (Å²) in [5, 5.41) is 1.84. The van der Waals surface area contributed by atoms with E-state index in [0.717, 1.165) is 44.1 Å². The number of thiophene rings is 1. The summed E-state index contributed by atoms with van der Waals surface area (Å²) >= 11 is 1.59. The zero-order valence-corrected chi connectivity index (χ0v) is 16.2. The van der Waals surface area contributed by atoms with Crippen molar-refractivity contribution in [1.82, 2.24) is 4.90 Å². The molecule has 1 aromatic heterocycles. The summed E-state index contributed by atoms with van der Waals surface area (Å²) in [7, 11) is -3.06. The first-order valence-corrected chi connectivity index (χ1v) is 11.9. The van der Waals surface area contributed by atoms with E-state index in [9.17, 15) is 18.0 Å². The van der Waals surface area contributed by atoms with Gasteiger partial charge < -0.3 is 9.64 Å². The molecule has 0 aromatic carbocycles. The van der Waals surface area contributed by atoms with Gasteiger partial charge in [0.15, 0.2) is 16.4 Å². The molecular weight excluding hydrogens is 374 g/mol. The fourth-order valence-corrected chi connectivity index (χ4v) is 6.82. The largest absolute Gasteiger partial charge is 0.452 e. The third-order valence-corrected chi connectivity index (χ3v) is 8.28. The Labute approximate surface area is 157 Å². The summed E-state index contributed by atoms with van der Waals surface area (Å²) in [6, 6.07) is -0.166. The van der Waals surface area contributed by atoms with Crippen LogP contribution in [0.4, 0.5) is 0 Å². The number of carbonyl (C=O) groups excluding carboxylic acids is 2. The van der Waals surface area contributed by atoms with Crippen LogP contribution in [0.5, 0.6) is 0 Å². The van der Waals surface area contributed by atoms with Crippen molar-refractivity contribution in [2.45, 2.75) is 57.0 Å². The van der Waals surface area contributed by atoms with Gasteiger partial charge in [0.25, 0.3) is 5.91 Å². The monoisotopic (exact) mass is 397 g/mol. The molecule has 1 saturated heterocycles. The lowest BCUT2D eigenvalue weighted by atomic mass is 9.96. The van der Waals surface area contributed by atoms with Gasteiger partial charge in [0.2, 0.25) is 0 Å². The highest BCUT2D eigenvalue weighted by molar-refractivity contribution is 7.91. The number of aryl methyl sites for hydroxylation is 1. The van der Waals surface area contributed by atoms with Crippen molar-refractivity contribution in [3.05, 3.63) is 21.4 Å². The van der Waals surface area contributed by atoms with Crippen molar-refractivity contribution in [1.29, 1.82) is 0 Å². The minimum atomic E-state index is -3.06. The van der Waals surface area contributed by atoms with Crippen molar-refractivity contribution >= 4 is 33.1 Å². The Morgan fingerprint density at radius 3 is 2.62 bits per heavy atom. The second-order valence-corrected chi connectivity index (χ2v) is 10.6. The van der Waals surface area contributed by atoms with Gasteiger partial charge >= 0.3 is 5.97 Å². The highest BCUT2D eigenvalue weighted by Crippen LogP contribution is 2.33. The second-order valence-electron chi connectivity index (χ2n) is 7.42. The summed E-state index contributed by atoms with van der Waals surface area (Å²) < 4.78 is 28.8. The van der Waals surface area contributed by atoms with Crippen LogP contribution >= 0.6 is 11.3 Å². The normalized spacial score (nSPS) is 24.1. The molecule has 0 radical (unpaired) electrons. The lowest BCUT2D eigenvalue weighted by Gasteiger charge is -2.28. The second kappa shape index (κ2) is 6.96. The Bertz CT molecular complexity index is 825. The average molecular weight is 398 g/mol. The molecule has 2 fully saturated rings. The number of nitrogens with zero attached hydrogens (tertiary/aromatic N) is 1. The molecule has 2 heterocycles. The molecule has 1 amide bonds. The number of sulfone groups is 1. The van der Waals surface area contributed by atoms with E-state index in [0.29, 0.717) is 12.0 Å². The van der Waals surface area contributed by atoms with E-state index in [1.165, 1.54) is 4.88 Å².